The van der Waals surface area contributed by atoms with E-state index in [-0.39, 0.29) is 0 Å². The second-order valence-corrected chi connectivity index (χ2v) is 11.1. The lowest BCUT2D eigenvalue weighted by Gasteiger charge is -2.38. The number of benzene rings is 1. The molecule has 0 bridgehead atoms. The van der Waals surface area contributed by atoms with Gasteiger partial charge in [0.25, 0.3) is 0 Å². The number of unbranched alkanes of at least 4 members (excludes halogenated alkanes) is 18. The van der Waals surface area contributed by atoms with Gasteiger partial charge < -0.3 is 4.48 Å². The van der Waals surface area contributed by atoms with E-state index in [4.69, 9.17) is 0 Å². The predicted octanol–water partition coefficient (Wildman–Crippen LogP) is 10.9. The lowest BCUT2D eigenvalue weighted by Crippen LogP contribution is -2.48. The highest BCUT2D eigenvalue weighted by Gasteiger charge is 2.24. The van der Waals surface area contributed by atoms with Gasteiger partial charge in [0.15, 0.2) is 0 Å². The third-order valence-electron chi connectivity index (χ3n) is 8.00. The van der Waals surface area contributed by atoms with Gasteiger partial charge in [0.1, 0.15) is 6.54 Å². The molecule has 0 saturated carbocycles. The van der Waals surface area contributed by atoms with E-state index < -0.39 is 0 Å². The van der Waals surface area contributed by atoms with Crippen LogP contribution in [0.1, 0.15) is 155 Å². The summed E-state index contributed by atoms with van der Waals surface area (Å²) in [6.07, 6.45) is 28.7. The molecule has 0 atom stereocenters. The second kappa shape index (κ2) is 22.6. The normalized spacial score (nSPS) is 11.9. The van der Waals surface area contributed by atoms with E-state index in [0.29, 0.717) is 0 Å². The van der Waals surface area contributed by atoms with Crippen molar-refractivity contribution in [3.05, 3.63) is 35.9 Å². The summed E-state index contributed by atoms with van der Waals surface area (Å²) < 4.78 is 1.30. The molecule has 0 aliphatic heterocycles. The highest BCUT2D eigenvalue weighted by Crippen LogP contribution is 2.20. The van der Waals surface area contributed by atoms with E-state index in [9.17, 15) is 0 Å². The van der Waals surface area contributed by atoms with Crippen molar-refractivity contribution in [3.63, 3.8) is 0 Å². The zero-order chi connectivity index (χ0) is 24.6. The van der Waals surface area contributed by atoms with Crippen LogP contribution in [0.4, 0.5) is 0 Å². The molecule has 0 heterocycles. The molecular formula is C33H62N+. The predicted molar refractivity (Wildman–Crippen MR) is 154 cm³/mol. The minimum atomic E-state index is 1.23. The lowest BCUT2D eigenvalue weighted by atomic mass is 10.0. The van der Waals surface area contributed by atoms with Crippen LogP contribution in [0.5, 0.6) is 0 Å². The van der Waals surface area contributed by atoms with Crippen molar-refractivity contribution in [1.29, 1.82) is 0 Å². The van der Waals surface area contributed by atoms with Crippen LogP contribution >= 0.6 is 0 Å². The third kappa shape index (κ3) is 16.7. The van der Waals surface area contributed by atoms with Crippen molar-refractivity contribution < 1.29 is 4.48 Å². The Labute approximate surface area is 215 Å². The molecule has 0 aliphatic carbocycles. The Kier molecular flexibility index (Phi) is 20.8. The van der Waals surface area contributed by atoms with Crippen molar-refractivity contribution in [2.24, 2.45) is 0 Å². The van der Waals surface area contributed by atoms with Crippen molar-refractivity contribution in [2.45, 2.75) is 156 Å². The van der Waals surface area contributed by atoms with Gasteiger partial charge in [-0.05, 0) is 32.6 Å². The quantitative estimate of drug-likeness (QED) is 0.0980. The standard InChI is InChI=1S/C33H62N/c1-4-7-9-11-13-15-17-19-21-26-30-34(6-3,32-33-28-24-23-25-29-33)31-27-22-20-18-16-14-12-10-8-5-2/h23-25,28-29H,4-22,26-27,30-32H2,1-3H3/q+1. The summed E-state index contributed by atoms with van der Waals surface area (Å²) in [6.45, 7) is 12.3. The van der Waals surface area contributed by atoms with Gasteiger partial charge in [0.2, 0.25) is 0 Å². The zero-order valence-corrected chi connectivity index (χ0v) is 23.8. The van der Waals surface area contributed by atoms with Crippen LogP contribution in [0.2, 0.25) is 0 Å². The first-order valence-electron chi connectivity index (χ1n) is 15.7. The monoisotopic (exact) mass is 472 g/mol. The van der Waals surface area contributed by atoms with Crippen LogP contribution in [-0.2, 0) is 6.54 Å². The smallest absolute Gasteiger partial charge is 0.104 e. The minimum absolute atomic E-state index is 1.23. The molecule has 0 fully saturated rings. The van der Waals surface area contributed by atoms with Crippen LogP contribution in [0.15, 0.2) is 30.3 Å². The first-order chi connectivity index (χ1) is 16.8. The third-order valence-corrected chi connectivity index (χ3v) is 8.00. The molecule has 1 aromatic carbocycles. The van der Waals surface area contributed by atoms with Gasteiger partial charge in [0, 0.05) is 5.56 Å². The van der Waals surface area contributed by atoms with Gasteiger partial charge in [-0.3, -0.25) is 0 Å². The Morgan fingerprint density at radius 1 is 0.441 bits per heavy atom. The fourth-order valence-electron chi connectivity index (χ4n) is 5.54. The summed E-state index contributed by atoms with van der Waals surface area (Å²) in [5.41, 5.74) is 1.53. The maximum Gasteiger partial charge on any atom is 0.104 e. The Balaban J connectivity index is 2.31. The SMILES string of the molecule is CCCCCCCCCCCC[N+](CC)(CCCCCCCCCCCC)Cc1ccccc1. The van der Waals surface area contributed by atoms with Crippen LogP contribution in [0, 0.1) is 0 Å². The molecule has 0 spiro atoms. The summed E-state index contributed by atoms with van der Waals surface area (Å²) in [6, 6.07) is 11.3. The zero-order valence-electron chi connectivity index (χ0n) is 23.8. The number of rotatable bonds is 25. The van der Waals surface area contributed by atoms with E-state index >= 15 is 0 Å². The lowest BCUT2D eigenvalue weighted by molar-refractivity contribution is -0.939. The molecule has 1 heteroatoms. The van der Waals surface area contributed by atoms with Crippen molar-refractivity contribution >= 4 is 0 Å². The van der Waals surface area contributed by atoms with E-state index in [1.54, 1.807) is 0 Å². The van der Waals surface area contributed by atoms with Gasteiger partial charge in [-0.2, -0.15) is 0 Å². The Morgan fingerprint density at radius 3 is 1.15 bits per heavy atom. The molecule has 0 radical (unpaired) electrons. The molecule has 0 aromatic heterocycles. The number of hydrogen-bond acceptors (Lipinski definition) is 0. The minimum Gasteiger partial charge on any atom is -0.320 e. The second-order valence-electron chi connectivity index (χ2n) is 11.1. The molecule has 0 unspecified atom stereocenters. The van der Waals surface area contributed by atoms with E-state index in [2.05, 4.69) is 51.1 Å². The highest BCUT2D eigenvalue weighted by atomic mass is 15.3. The van der Waals surface area contributed by atoms with Crippen LogP contribution in [0.25, 0.3) is 0 Å². The molecule has 198 valence electrons. The maximum absolute atomic E-state index is 2.44. The molecule has 34 heavy (non-hydrogen) atoms. The molecule has 1 nitrogen and oxygen atoms in total. The molecular weight excluding hydrogens is 410 g/mol. The average Bonchev–Trinajstić information content (AvgIpc) is 2.86. The van der Waals surface area contributed by atoms with Crippen LogP contribution in [-0.4, -0.2) is 24.1 Å². The first-order valence-corrected chi connectivity index (χ1v) is 15.7. The van der Waals surface area contributed by atoms with Crippen LogP contribution < -0.4 is 0 Å². The van der Waals surface area contributed by atoms with Gasteiger partial charge in [-0.25, -0.2) is 0 Å². The molecule has 1 aromatic rings. The largest absolute Gasteiger partial charge is 0.320 e. The summed E-state index contributed by atoms with van der Waals surface area (Å²) in [7, 11) is 0. The summed E-state index contributed by atoms with van der Waals surface area (Å²) in [5, 5.41) is 0. The Bertz CT molecular complexity index is 499. The van der Waals surface area contributed by atoms with Crippen LogP contribution in [0.3, 0.4) is 0 Å². The molecule has 0 N–H and O–H groups in total. The topological polar surface area (TPSA) is 0 Å². The Hall–Kier alpha value is -0.820. The number of quaternary nitrogens is 1. The van der Waals surface area contributed by atoms with Crippen molar-refractivity contribution in [1.82, 2.24) is 0 Å². The molecule has 1 rings (SSSR count). The van der Waals surface area contributed by atoms with E-state index in [1.807, 2.05) is 0 Å². The highest BCUT2D eigenvalue weighted by molar-refractivity contribution is 5.13. The molecule has 0 saturated heterocycles. The van der Waals surface area contributed by atoms with Gasteiger partial charge in [-0.15, -0.1) is 0 Å². The summed E-state index contributed by atoms with van der Waals surface area (Å²) in [4.78, 5) is 0. The first kappa shape index (κ1) is 31.2. The van der Waals surface area contributed by atoms with Gasteiger partial charge in [-0.1, -0.05) is 147 Å². The van der Waals surface area contributed by atoms with Gasteiger partial charge in [0.05, 0.1) is 19.6 Å². The Morgan fingerprint density at radius 2 is 0.794 bits per heavy atom. The number of hydrogen-bond donors (Lipinski definition) is 0. The number of nitrogens with zero attached hydrogens (tertiary/aromatic N) is 1. The van der Waals surface area contributed by atoms with Crippen molar-refractivity contribution in [3.8, 4) is 0 Å². The molecule has 0 amide bonds. The van der Waals surface area contributed by atoms with E-state index in [0.717, 1.165) is 0 Å². The maximum atomic E-state index is 2.44. The van der Waals surface area contributed by atoms with Crippen molar-refractivity contribution in [2.75, 3.05) is 19.6 Å². The fourth-order valence-corrected chi connectivity index (χ4v) is 5.54. The average molecular weight is 473 g/mol. The van der Waals surface area contributed by atoms with E-state index in [1.165, 1.54) is 165 Å². The fraction of sp³-hybridized carbons (Fsp3) is 0.818. The van der Waals surface area contributed by atoms with Gasteiger partial charge >= 0.3 is 0 Å². The summed E-state index contributed by atoms with van der Waals surface area (Å²) in [5.74, 6) is 0. The summed E-state index contributed by atoms with van der Waals surface area (Å²) >= 11 is 0. The molecule has 0 aliphatic rings.